The predicted octanol–water partition coefficient (Wildman–Crippen LogP) is -3.23. The molecule has 0 aliphatic rings. The number of nitrogens with zero attached hydrogens (tertiary/aromatic N) is 3. The molecule has 0 saturated carbocycles. The largest absolute Gasteiger partial charge is 1.00 e. The van der Waals surface area contributed by atoms with Crippen LogP contribution in [0.25, 0.3) is 5.69 Å². The Balaban J connectivity index is 0.00000128. The van der Waals surface area contributed by atoms with Crippen LogP contribution in [0.5, 0.6) is 0 Å². The monoisotopic (exact) mass is 213 g/mol. The molecule has 5 nitrogen and oxygen atoms in total. The minimum Gasteiger partial charge on any atom is -0.541 e. The van der Waals surface area contributed by atoms with E-state index in [0.29, 0.717) is 5.69 Å². The van der Waals surface area contributed by atoms with Crippen molar-refractivity contribution in [2.24, 2.45) is 0 Å². The third-order valence-corrected chi connectivity index (χ3v) is 1.84. The molecule has 0 unspecified atom stereocenters. The fourth-order valence-corrected chi connectivity index (χ4v) is 1.16. The Labute approximate surface area is 102 Å². The molecule has 76 valence electrons. The van der Waals surface area contributed by atoms with E-state index in [0.717, 1.165) is 0 Å². The average molecular weight is 213 g/mol. The molecule has 0 spiro atoms. The molecular formula is C9H5FLiN3O2. The van der Waals surface area contributed by atoms with E-state index < -0.39 is 11.8 Å². The second-order valence-electron chi connectivity index (χ2n) is 2.79. The molecule has 2 rings (SSSR count). The number of aromatic nitrogens is 3. The van der Waals surface area contributed by atoms with Gasteiger partial charge in [-0.2, -0.15) is 0 Å². The van der Waals surface area contributed by atoms with Gasteiger partial charge in [-0.05, 0) is 24.3 Å². The predicted molar refractivity (Wildman–Crippen MR) is 45.6 cm³/mol. The zero-order valence-corrected chi connectivity index (χ0v) is 8.42. The molecule has 1 aromatic carbocycles. The van der Waals surface area contributed by atoms with Crippen molar-refractivity contribution in [3.8, 4) is 5.69 Å². The minimum absolute atomic E-state index is 0. The number of hydrogen-bond acceptors (Lipinski definition) is 4. The molecule has 0 bridgehead atoms. The molecule has 0 aliphatic heterocycles. The van der Waals surface area contributed by atoms with Gasteiger partial charge in [0.15, 0.2) is 5.82 Å². The van der Waals surface area contributed by atoms with Crippen molar-refractivity contribution in [2.45, 2.75) is 0 Å². The van der Waals surface area contributed by atoms with Crippen LogP contribution in [0.1, 0.15) is 10.6 Å². The van der Waals surface area contributed by atoms with Crippen molar-refractivity contribution in [2.75, 3.05) is 0 Å². The van der Waals surface area contributed by atoms with Gasteiger partial charge in [-0.15, -0.1) is 10.2 Å². The number of carboxylic acid groups (broad SMARTS) is 1. The van der Waals surface area contributed by atoms with E-state index in [1.165, 1.54) is 35.2 Å². The molecule has 0 N–H and O–H groups in total. The maximum atomic E-state index is 12.6. The molecular weight excluding hydrogens is 208 g/mol. The first-order valence-electron chi connectivity index (χ1n) is 4.06. The summed E-state index contributed by atoms with van der Waals surface area (Å²) in [5.41, 5.74) is 0.459. The Kier molecular flexibility index (Phi) is 3.82. The van der Waals surface area contributed by atoms with Crippen LogP contribution in [0.3, 0.4) is 0 Å². The summed E-state index contributed by atoms with van der Waals surface area (Å²) in [7, 11) is 0. The number of hydrogen-bond donors (Lipinski definition) is 0. The number of rotatable bonds is 2. The summed E-state index contributed by atoms with van der Waals surface area (Å²) >= 11 is 0. The molecule has 0 aliphatic carbocycles. The van der Waals surface area contributed by atoms with E-state index in [2.05, 4.69) is 10.2 Å². The van der Waals surface area contributed by atoms with Crippen LogP contribution in [0.4, 0.5) is 4.39 Å². The molecule has 2 aromatic rings. The third-order valence-electron chi connectivity index (χ3n) is 1.84. The van der Waals surface area contributed by atoms with Gasteiger partial charge in [-0.25, -0.2) is 4.39 Å². The van der Waals surface area contributed by atoms with Crippen LogP contribution in [-0.2, 0) is 0 Å². The Morgan fingerprint density at radius 1 is 1.31 bits per heavy atom. The van der Waals surface area contributed by atoms with Gasteiger partial charge in [-0.3, -0.25) is 4.57 Å². The molecule has 0 saturated heterocycles. The standard InChI is InChI=1S/C9H6FN3O2.Li/c10-6-1-3-7(4-2-6)13-5-11-12-8(13)9(14)15;/h1-5H,(H,14,15);/q;+1/p-1. The SMILES string of the molecule is O=C([O-])c1nncn1-c1ccc(F)cc1.[Li+]. The number of halogens is 1. The van der Waals surface area contributed by atoms with Crippen LogP contribution in [0, 0.1) is 5.82 Å². The summed E-state index contributed by atoms with van der Waals surface area (Å²) in [5, 5.41) is 17.4. The quantitative estimate of drug-likeness (QED) is 0.492. The van der Waals surface area contributed by atoms with Gasteiger partial charge in [-0.1, -0.05) is 0 Å². The minimum atomic E-state index is -1.43. The van der Waals surface area contributed by atoms with E-state index in [4.69, 9.17) is 0 Å². The van der Waals surface area contributed by atoms with Crippen molar-refractivity contribution in [3.63, 3.8) is 0 Å². The molecule has 0 atom stereocenters. The molecule has 1 heterocycles. The fraction of sp³-hybridized carbons (Fsp3) is 0. The zero-order chi connectivity index (χ0) is 10.8. The second kappa shape index (κ2) is 4.92. The van der Waals surface area contributed by atoms with Gasteiger partial charge in [0.2, 0.25) is 0 Å². The first kappa shape index (κ1) is 12.4. The van der Waals surface area contributed by atoms with Gasteiger partial charge < -0.3 is 9.90 Å². The molecule has 7 heteroatoms. The van der Waals surface area contributed by atoms with Crippen LogP contribution in [0.2, 0.25) is 0 Å². The number of aromatic carboxylic acids is 1. The van der Waals surface area contributed by atoms with Crippen LogP contribution >= 0.6 is 0 Å². The number of carboxylic acids is 1. The Morgan fingerprint density at radius 3 is 2.50 bits per heavy atom. The van der Waals surface area contributed by atoms with Crippen molar-refractivity contribution >= 4 is 5.97 Å². The van der Waals surface area contributed by atoms with Crippen molar-refractivity contribution in [3.05, 3.63) is 42.2 Å². The molecule has 0 fully saturated rings. The van der Waals surface area contributed by atoms with Gasteiger partial charge in [0.05, 0.1) is 0 Å². The maximum Gasteiger partial charge on any atom is 1.00 e. The summed E-state index contributed by atoms with van der Waals surface area (Å²) in [6.45, 7) is 0. The van der Waals surface area contributed by atoms with Crippen molar-refractivity contribution in [1.29, 1.82) is 0 Å². The van der Waals surface area contributed by atoms with Gasteiger partial charge >= 0.3 is 18.9 Å². The van der Waals surface area contributed by atoms with Crippen molar-refractivity contribution in [1.82, 2.24) is 14.8 Å². The number of benzene rings is 1. The van der Waals surface area contributed by atoms with E-state index >= 15 is 0 Å². The molecule has 0 radical (unpaired) electrons. The Bertz CT molecular complexity index is 498. The fourth-order valence-electron chi connectivity index (χ4n) is 1.16. The van der Waals surface area contributed by atoms with Gasteiger partial charge in [0.25, 0.3) is 0 Å². The van der Waals surface area contributed by atoms with Crippen LogP contribution < -0.4 is 24.0 Å². The summed E-state index contributed by atoms with van der Waals surface area (Å²) < 4.78 is 13.8. The Hall–Kier alpha value is -1.64. The summed E-state index contributed by atoms with van der Waals surface area (Å²) in [5.74, 6) is -2.15. The summed E-state index contributed by atoms with van der Waals surface area (Å²) in [4.78, 5) is 10.6. The summed E-state index contributed by atoms with van der Waals surface area (Å²) in [6, 6.07) is 5.28. The van der Waals surface area contributed by atoms with Crippen molar-refractivity contribution < 1.29 is 33.2 Å². The number of carbonyl (C=O) groups excluding carboxylic acids is 1. The van der Waals surface area contributed by atoms with Gasteiger partial charge in [0, 0.05) is 5.69 Å². The maximum absolute atomic E-state index is 12.6. The van der Waals surface area contributed by atoms with E-state index in [-0.39, 0.29) is 24.7 Å². The summed E-state index contributed by atoms with van der Waals surface area (Å²) in [6.07, 6.45) is 1.22. The van der Waals surface area contributed by atoms with E-state index in [9.17, 15) is 14.3 Å². The molecule has 1 aromatic heterocycles. The Morgan fingerprint density at radius 2 is 1.94 bits per heavy atom. The van der Waals surface area contributed by atoms with Crippen LogP contribution in [0.15, 0.2) is 30.6 Å². The van der Waals surface area contributed by atoms with E-state index in [1.54, 1.807) is 0 Å². The third kappa shape index (κ3) is 2.29. The molecule has 16 heavy (non-hydrogen) atoms. The van der Waals surface area contributed by atoms with Crippen LogP contribution in [-0.4, -0.2) is 20.7 Å². The topological polar surface area (TPSA) is 70.8 Å². The van der Waals surface area contributed by atoms with E-state index in [1.807, 2.05) is 0 Å². The normalized spacial score (nSPS) is 9.56. The number of carbonyl (C=O) groups is 1. The van der Waals surface area contributed by atoms with Gasteiger partial charge in [0.1, 0.15) is 18.1 Å². The first-order chi connectivity index (χ1) is 7.18. The smallest absolute Gasteiger partial charge is 0.541 e. The zero-order valence-electron chi connectivity index (χ0n) is 8.42. The first-order valence-corrected chi connectivity index (χ1v) is 4.06. The average Bonchev–Trinajstić information content (AvgIpc) is 2.67. The molecule has 0 amide bonds. The second-order valence-corrected chi connectivity index (χ2v) is 2.79.